The summed E-state index contributed by atoms with van der Waals surface area (Å²) >= 11 is 0. The zero-order valence-corrected chi connectivity index (χ0v) is 9.70. The molecule has 0 spiro atoms. The van der Waals surface area contributed by atoms with E-state index in [0.717, 1.165) is 11.4 Å². The molecule has 1 nitrogen and oxygen atoms in total. The second-order valence-electron chi connectivity index (χ2n) is 4.16. The fraction of sp³-hybridized carbons (Fsp3) is 0.200. The van der Waals surface area contributed by atoms with E-state index >= 15 is 0 Å². The van der Waals surface area contributed by atoms with E-state index in [1.165, 1.54) is 5.57 Å². The van der Waals surface area contributed by atoms with E-state index in [0.29, 0.717) is 5.92 Å². The minimum absolute atomic E-state index is 0.515. The van der Waals surface area contributed by atoms with E-state index < -0.39 is 0 Å². The third-order valence-corrected chi connectivity index (χ3v) is 2.57. The van der Waals surface area contributed by atoms with E-state index in [1.807, 2.05) is 30.4 Å². The average molecular weight is 210 g/mol. The SMILES string of the molecule is CC(C)C1=C(Nc2ccccc2)C=[C+]C=C1. The Hall–Kier alpha value is -1.85. The van der Waals surface area contributed by atoms with Crippen molar-refractivity contribution < 1.29 is 0 Å². The molecule has 80 valence electrons. The van der Waals surface area contributed by atoms with E-state index in [2.05, 4.69) is 43.4 Å². The van der Waals surface area contributed by atoms with Gasteiger partial charge in [0, 0.05) is 12.0 Å². The van der Waals surface area contributed by atoms with Crippen molar-refractivity contribution in [1.82, 2.24) is 0 Å². The van der Waals surface area contributed by atoms with Crippen LogP contribution in [0.25, 0.3) is 0 Å². The van der Waals surface area contributed by atoms with Gasteiger partial charge in [-0.3, -0.25) is 0 Å². The fourth-order valence-electron chi connectivity index (χ4n) is 1.73. The molecule has 1 aliphatic carbocycles. The molecule has 2 rings (SSSR count). The predicted molar refractivity (Wildman–Crippen MR) is 68.9 cm³/mol. The van der Waals surface area contributed by atoms with Gasteiger partial charge in [0.25, 0.3) is 0 Å². The van der Waals surface area contributed by atoms with Crippen molar-refractivity contribution in [2.45, 2.75) is 13.8 Å². The molecule has 0 fully saturated rings. The van der Waals surface area contributed by atoms with Crippen molar-refractivity contribution in [3.8, 4) is 0 Å². The molecule has 1 heteroatoms. The van der Waals surface area contributed by atoms with Crippen LogP contribution in [0.2, 0.25) is 0 Å². The zero-order chi connectivity index (χ0) is 11.4. The van der Waals surface area contributed by atoms with Gasteiger partial charge in [-0.05, 0) is 12.1 Å². The van der Waals surface area contributed by atoms with Crippen LogP contribution in [0, 0.1) is 12.0 Å². The maximum absolute atomic E-state index is 3.42. The van der Waals surface area contributed by atoms with Gasteiger partial charge in [-0.25, -0.2) is 0 Å². The molecule has 0 bridgehead atoms. The van der Waals surface area contributed by atoms with Gasteiger partial charge >= 0.3 is 0 Å². The van der Waals surface area contributed by atoms with Crippen molar-refractivity contribution >= 4 is 5.69 Å². The van der Waals surface area contributed by atoms with Crippen molar-refractivity contribution in [2.24, 2.45) is 5.92 Å². The molecule has 1 aromatic rings. The summed E-state index contributed by atoms with van der Waals surface area (Å²) in [6.45, 7) is 4.40. The van der Waals surface area contributed by atoms with Gasteiger partial charge in [0.15, 0.2) is 5.70 Å². The zero-order valence-electron chi connectivity index (χ0n) is 9.70. The molecule has 0 amide bonds. The number of para-hydroxylation sites is 1. The molecular formula is C15H16N+. The standard InChI is InChI=1S/C15H16N/c1-12(2)14-10-6-7-11-15(14)16-13-8-4-3-5-9-13/h3-6,8-12,16H,1-2H3/q+1. The first-order valence-corrected chi connectivity index (χ1v) is 5.59. The molecule has 1 N–H and O–H groups in total. The summed E-state index contributed by atoms with van der Waals surface area (Å²) in [5.41, 5.74) is 3.58. The Balaban J connectivity index is 2.26. The minimum atomic E-state index is 0.515. The Bertz CT molecular complexity index is 436. The molecule has 1 aliphatic rings. The van der Waals surface area contributed by atoms with Gasteiger partial charge in [-0.1, -0.05) is 32.0 Å². The molecule has 0 saturated carbocycles. The number of hydrogen-bond acceptors (Lipinski definition) is 1. The van der Waals surface area contributed by atoms with Crippen LogP contribution in [-0.2, 0) is 0 Å². The van der Waals surface area contributed by atoms with Crippen molar-refractivity contribution in [1.29, 1.82) is 0 Å². The van der Waals surface area contributed by atoms with Gasteiger partial charge in [0.2, 0.25) is 0 Å². The fourth-order valence-corrected chi connectivity index (χ4v) is 1.73. The molecule has 16 heavy (non-hydrogen) atoms. The second kappa shape index (κ2) is 4.78. The molecule has 0 radical (unpaired) electrons. The van der Waals surface area contributed by atoms with Crippen LogP contribution in [0.15, 0.2) is 59.8 Å². The number of anilines is 1. The Kier molecular flexibility index (Phi) is 3.19. The lowest BCUT2D eigenvalue weighted by Crippen LogP contribution is -2.06. The molecule has 0 aliphatic heterocycles. The van der Waals surface area contributed by atoms with E-state index in [4.69, 9.17) is 0 Å². The smallest absolute Gasteiger partial charge is 0.154 e. The third kappa shape index (κ3) is 2.39. The Morgan fingerprint density at radius 3 is 2.56 bits per heavy atom. The predicted octanol–water partition coefficient (Wildman–Crippen LogP) is 3.94. The normalized spacial score (nSPS) is 14.2. The summed E-state index contributed by atoms with van der Waals surface area (Å²) in [5, 5.41) is 3.42. The highest BCUT2D eigenvalue weighted by Crippen LogP contribution is 2.22. The lowest BCUT2D eigenvalue weighted by Gasteiger charge is -2.09. The summed E-state index contributed by atoms with van der Waals surface area (Å²) in [5.74, 6) is 0.515. The number of rotatable bonds is 3. The molecule has 1 aromatic carbocycles. The molecule has 0 aromatic heterocycles. The van der Waals surface area contributed by atoms with Crippen LogP contribution in [0.3, 0.4) is 0 Å². The lowest BCUT2D eigenvalue weighted by atomic mass is 9.97. The molecule has 0 unspecified atom stereocenters. The van der Waals surface area contributed by atoms with Crippen molar-refractivity contribution in [2.75, 3.05) is 5.32 Å². The first-order chi connectivity index (χ1) is 7.77. The van der Waals surface area contributed by atoms with Gasteiger partial charge in [-0.15, -0.1) is 0 Å². The monoisotopic (exact) mass is 210 g/mol. The number of benzene rings is 1. The Morgan fingerprint density at radius 2 is 1.88 bits per heavy atom. The average Bonchev–Trinajstić information content (AvgIpc) is 2.31. The number of nitrogens with one attached hydrogen (secondary N) is 1. The summed E-state index contributed by atoms with van der Waals surface area (Å²) in [4.78, 5) is 0. The maximum atomic E-state index is 3.42. The van der Waals surface area contributed by atoms with Gasteiger partial charge in [-0.2, -0.15) is 0 Å². The topological polar surface area (TPSA) is 12.0 Å². The molecule has 0 saturated heterocycles. The van der Waals surface area contributed by atoms with Gasteiger partial charge < -0.3 is 5.32 Å². The Morgan fingerprint density at radius 1 is 1.12 bits per heavy atom. The van der Waals surface area contributed by atoms with Gasteiger partial charge in [0.1, 0.15) is 12.2 Å². The first kappa shape index (κ1) is 10.7. The summed E-state index contributed by atoms with van der Waals surface area (Å²) in [6, 6.07) is 10.2. The highest BCUT2D eigenvalue weighted by atomic mass is 14.9. The quantitative estimate of drug-likeness (QED) is 0.745. The molecule has 0 heterocycles. The third-order valence-electron chi connectivity index (χ3n) is 2.57. The van der Waals surface area contributed by atoms with Crippen LogP contribution in [0.4, 0.5) is 5.69 Å². The Labute approximate surface area is 97.2 Å². The highest BCUT2D eigenvalue weighted by Gasteiger charge is 2.16. The van der Waals surface area contributed by atoms with Crippen LogP contribution in [-0.4, -0.2) is 0 Å². The minimum Gasteiger partial charge on any atom is -0.302 e. The van der Waals surface area contributed by atoms with Crippen molar-refractivity contribution in [3.63, 3.8) is 0 Å². The van der Waals surface area contributed by atoms with Crippen LogP contribution >= 0.6 is 0 Å². The summed E-state index contributed by atoms with van der Waals surface area (Å²) in [6.07, 6.45) is 9.20. The largest absolute Gasteiger partial charge is 0.302 e. The first-order valence-electron chi connectivity index (χ1n) is 5.59. The maximum Gasteiger partial charge on any atom is 0.154 e. The molecular weight excluding hydrogens is 194 g/mol. The van der Waals surface area contributed by atoms with Crippen molar-refractivity contribution in [3.05, 3.63) is 65.9 Å². The van der Waals surface area contributed by atoms with Crippen LogP contribution < -0.4 is 5.32 Å². The number of allylic oxidation sites excluding steroid dienone is 5. The lowest BCUT2D eigenvalue weighted by molar-refractivity contribution is 0.783. The van der Waals surface area contributed by atoms with Crippen LogP contribution in [0.1, 0.15) is 13.8 Å². The van der Waals surface area contributed by atoms with E-state index in [9.17, 15) is 0 Å². The highest BCUT2D eigenvalue weighted by molar-refractivity contribution is 5.54. The second-order valence-corrected chi connectivity index (χ2v) is 4.16. The van der Waals surface area contributed by atoms with E-state index in [-0.39, 0.29) is 0 Å². The van der Waals surface area contributed by atoms with E-state index in [1.54, 1.807) is 0 Å². The van der Waals surface area contributed by atoms with Crippen LogP contribution in [0.5, 0.6) is 0 Å². The van der Waals surface area contributed by atoms with Gasteiger partial charge in [0.05, 0.1) is 17.3 Å². The summed E-state index contributed by atoms with van der Waals surface area (Å²) in [7, 11) is 0. The molecule has 0 atom stereocenters. The summed E-state index contributed by atoms with van der Waals surface area (Å²) < 4.78 is 0. The number of hydrogen-bond donors (Lipinski definition) is 1.